The molecular formula is C14H15N3O2. The van der Waals surface area contributed by atoms with Crippen molar-refractivity contribution in [1.82, 2.24) is 5.32 Å². The molecule has 0 aromatic heterocycles. The molecule has 5 N–H and O–H groups in total. The molecular weight excluding hydrogens is 242 g/mol. The Balaban J connectivity index is 2.36. The van der Waals surface area contributed by atoms with E-state index in [9.17, 15) is 9.59 Å². The normalized spacial score (nSPS) is 12.1. The summed E-state index contributed by atoms with van der Waals surface area (Å²) in [6.07, 6.45) is 0. The van der Waals surface area contributed by atoms with Crippen molar-refractivity contribution in [3.8, 4) is 0 Å². The Morgan fingerprint density at radius 2 is 1.74 bits per heavy atom. The summed E-state index contributed by atoms with van der Waals surface area (Å²) in [7, 11) is 0. The molecule has 2 aromatic carbocycles. The van der Waals surface area contributed by atoms with Gasteiger partial charge >= 0.3 is 0 Å². The highest BCUT2D eigenvalue weighted by Crippen LogP contribution is 2.21. The van der Waals surface area contributed by atoms with Gasteiger partial charge in [0.2, 0.25) is 5.91 Å². The van der Waals surface area contributed by atoms with E-state index in [4.69, 9.17) is 11.5 Å². The van der Waals surface area contributed by atoms with Crippen molar-refractivity contribution in [3.05, 3.63) is 42.0 Å². The minimum atomic E-state index is -0.738. The van der Waals surface area contributed by atoms with Crippen LogP contribution in [0.5, 0.6) is 0 Å². The number of fused-ring (bicyclic) bond motifs is 1. The molecule has 2 amide bonds. The average Bonchev–Trinajstić information content (AvgIpc) is 2.37. The molecule has 0 aliphatic rings. The maximum Gasteiger partial charge on any atom is 0.254 e. The van der Waals surface area contributed by atoms with E-state index in [0.29, 0.717) is 11.3 Å². The van der Waals surface area contributed by atoms with E-state index in [1.165, 1.54) is 6.92 Å². The number of nitrogens with two attached hydrogens (primary N) is 2. The molecule has 0 saturated carbocycles. The van der Waals surface area contributed by atoms with Crippen LogP contribution in [0.3, 0.4) is 0 Å². The van der Waals surface area contributed by atoms with Crippen molar-refractivity contribution >= 4 is 28.3 Å². The summed E-state index contributed by atoms with van der Waals surface area (Å²) in [6, 6.07) is 10.3. The third kappa shape index (κ3) is 2.65. The monoisotopic (exact) mass is 257 g/mol. The first kappa shape index (κ1) is 12.9. The molecule has 5 nitrogen and oxygen atoms in total. The predicted molar refractivity (Wildman–Crippen MR) is 74.5 cm³/mol. The second kappa shape index (κ2) is 4.97. The molecule has 19 heavy (non-hydrogen) atoms. The second-order valence-electron chi connectivity index (χ2n) is 4.38. The number of primary amides is 1. The maximum absolute atomic E-state index is 12.0. The molecule has 0 fully saturated rings. The van der Waals surface area contributed by atoms with Gasteiger partial charge in [-0.1, -0.05) is 24.3 Å². The van der Waals surface area contributed by atoms with Gasteiger partial charge in [0.25, 0.3) is 5.91 Å². The standard InChI is InChI=1S/C14H15N3O2/c1-8(13(16)18)17-14(19)11-6-9-4-2-3-5-10(9)7-12(11)15/h2-8H,15H2,1H3,(H2,16,18)(H,17,19). The van der Waals surface area contributed by atoms with Crippen LogP contribution in [-0.4, -0.2) is 17.9 Å². The maximum atomic E-state index is 12.0. The summed E-state index contributed by atoms with van der Waals surface area (Å²) in [5.41, 5.74) is 11.7. The molecule has 5 heteroatoms. The molecule has 0 spiro atoms. The summed E-state index contributed by atoms with van der Waals surface area (Å²) in [4.78, 5) is 23.0. The molecule has 0 radical (unpaired) electrons. The number of nitrogens with one attached hydrogen (secondary N) is 1. The summed E-state index contributed by atoms with van der Waals surface area (Å²) in [5, 5.41) is 4.38. The van der Waals surface area contributed by atoms with Crippen molar-refractivity contribution in [3.63, 3.8) is 0 Å². The fourth-order valence-corrected chi connectivity index (χ4v) is 1.80. The largest absolute Gasteiger partial charge is 0.398 e. The molecule has 0 aliphatic heterocycles. The first-order valence-corrected chi connectivity index (χ1v) is 5.87. The second-order valence-corrected chi connectivity index (χ2v) is 4.38. The molecule has 2 rings (SSSR count). The number of rotatable bonds is 3. The number of hydrogen-bond acceptors (Lipinski definition) is 3. The fraction of sp³-hybridized carbons (Fsp3) is 0.143. The van der Waals surface area contributed by atoms with Crippen LogP contribution in [0.15, 0.2) is 36.4 Å². The predicted octanol–water partition coefficient (Wildman–Crippen LogP) is 1.03. The summed E-state index contributed by atoms with van der Waals surface area (Å²) in [6.45, 7) is 1.53. The molecule has 1 unspecified atom stereocenters. The van der Waals surface area contributed by atoms with Gasteiger partial charge in [-0.15, -0.1) is 0 Å². The van der Waals surface area contributed by atoms with E-state index in [1.54, 1.807) is 12.1 Å². The Labute approximate surface area is 110 Å². The van der Waals surface area contributed by atoms with Gasteiger partial charge in [0, 0.05) is 5.69 Å². The fourth-order valence-electron chi connectivity index (χ4n) is 1.80. The van der Waals surface area contributed by atoms with Gasteiger partial charge in [0.1, 0.15) is 6.04 Å². The summed E-state index contributed by atoms with van der Waals surface area (Å²) in [5.74, 6) is -0.998. The van der Waals surface area contributed by atoms with Crippen molar-refractivity contribution in [2.24, 2.45) is 5.73 Å². The highest BCUT2D eigenvalue weighted by Gasteiger charge is 2.16. The van der Waals surface area contributed by atoms with Crippen molar-refractivity contribution in [2.45, 2.75) is 13.0 Å². The van der Waals surface area contributed by atoms with Crippen LogP contribution >= 0.6 is 0 Å². The molecule has 0 saturated heterocycles. The number of anilines is 1. The molecule has 0 bridgehead atoms. The molecule has 0 heterocycles. The highest BCUT2D eigenvalue weighted by atomic mass is 16.2. The van der Waals surface area contributed by atoms with Crippen LogP contribution in [0.4, 0.5) is 5.69 Å². The molecule has 0 aliphatic carbocycles. The van der Waals surface area contributed by atoms with Gasteiger partial charge in [0.05, 0.1) is 5.56 Å². The smallest absolute Gasteiger partial charge is 0.254 e. The van der Waals surface area contributed by atoms with Gasteiger partial charge in [0.15, 0.2) is 0 Å². The van der Waals surface area contributed by atoms with Crippen LogP contribution in [0.2, 0.25) is 0 Å². The first-order valence-electron chi connectivity index (χ1n) is 5.87. The van der Waals surface area contributed by atoms with Crippen LogP contribution in [0.25, 0.3) is 10.8 Å². The zero-order valence-corrected chi connectivity index (χ0v) is 10.5. The van der Waals surface area contributed by atoms with Crippen molar-refractivity contribution in [1.29, 1.82) is 0 Å². The Morgan fingerprint density at radius 1 is 1.16 bits per heavy atom. The van der Waals surface area contributed by atoms with Crippen LogP contribution in [-0.2, 0) is 4.79 Å². The quantitative estimate of drug-likeness (QED) is 0.716. The molecule has 2 aromatic rings. The third-order valence-electron chi connectivity index (χ3n) is 2.94. The topological polar surface area (TPSA) is 98.2 Å². The number of amides is 2. The van der Waals surface area contributed by atoms with E-state index >= 15 is 0 Å². The Morgan fingerprint density at radius 3 is 2.32 bits per heavy atom. The highest BCUT2D eigenvalue weighted by molar-refractivity contribution is 6.05. The zero-order valence-electron chi connectivity index (χ0n) is 10.5. The van der Waals surface area contributed by atoms with E-state index in [-0.39, 0.29) is 0 Å². The lowest BCUT2D eigenvalue weighted by Gasteiger charge is -2.12. The lowest BCUT2D eigenvalue weighted by molar-refractivity contribution is -0.119. The number of nitrogen functional groups attached to an aromatic ring is 1. The van der Waals surface area contributed by atoms with Crippen LogP contribution in [0, 0.1) is 0 Å². The number of carbonyl (C=O) groups is 2. The minimum Gasteiger partial charge on any atom is -0.398 e. The lowest BCUT2D eigenvalue weighted by Crippen LogP contribution is -2.42. The Kier molecular flexibility index (Phi) is 3.37. The lowest BCUT2D eigenvalue weighted by atomic mass is 10.0. The SMILES string of the molecule is CC(NC(=O)c1cc2ccccc2cc1N)C(N)=O. The van der Waals surface area contributed by atoms with Gasteiger partial charge in [-0.05, 0) is 29.8 Å². The van der Waals surface area contributed by atoms with Gasteiger partial charge in [-0.2, -0.15) is 0 Å². The zero-order chi connectivity index (χ0) is 14.0. The average molecular weight is 257 g/mol. The van der Waals surface area contributed by atoms with Gasteiger partial charge < -0.3 is 16.8 Å². The number of carbonyl (C=O) groups excluding carboxylic acids is 2. The number of hydrogen-bond donors (Lipinski definition) is 3. The Hall–Kier alpha value is -2.56. The number of benzene rings is 2. The van der Waals surface area contributed by atoms with Crippen molar-refractivity contribution < 1.29 is 9.59 Å². The van der Waals surface area contributed by atoms with Gasteiger partial charge in [-0.25, -0.2) is 0 Å². The van der Waals surface area contributed by atoms with Gasteiger partial charge in [-0.3, -0.25) is 9.59 Å². The molecule has 1 atom stereocenters. The Bertz CT molecular complexity index is 652. The summed E-state index contributed by atoms with van der Waals surface area (Å²) >= 11 is 0. The first-order chi connectivity index (χ1) is 8.99. The van der Waals surface area contributed by atoms with E-state index in [1.807, 2.05) is 24.3 Å². The van der Waals surface area contributed by atoms with Crippen molar-refractivity contribution in [2.75, 3.05) is 5.73 Å². The van der Waals surface area contributed by atoms with E-state index in [0.717, 1.165) is 10.8 Å². The molecule has 98 valence electrons. The minimum absolute atomic E-state index is 0.340. The van der Waals surface area contributed by atoms with Crippen LogP contribution < -0.4 is 16.8 Å². The summed E-state index contributed by atoms with van der Waals surface area (Å²) < 4.78 is 0. The third-order valence-corrected chi connectivity index (χ3v) is 2.94. The van der Waals surface area contributed by atoms with Crippen LogP contribution in [0.1, 0.15) is 17.3 Å². The van der Waals surface area contributed by atoms with E-state index < -0.39 is 17.9 Å². The van der Waals surface area contributed by atoms with E-state index in [2.05, 4.69) is 5.32 Å².